The SMILES string of the molecule is C=C(O)COCCNC1NC(NCCS(=O)(=O)O)NC(NC2CCCC(NC3NC(NCCOCCO)NC(NCCS(=O)(=O)O)N3)C2)N1. The van der Waals surface area contributed by atoms with Crippen LogP contribution in [0.15, 0.2) is 12.3 Å². The minimum absolute atomic E-state index is 0.00747. The molecule has 0 amide bonds. The van der Waals surface area contributed by atoms with E-state index in [-0.39, 0.29) is 63.3 Å². The van der Waals surface area contributed by atoms with Crippen molar-refractivity contribution in [3.8, 4) is 0 Å². The van der Waals surface area contributed by atoms with E-state index < -0.39 is 56.9 Å². The first-order valence-electron chi connectivity index (χ1n) is 16.3. The Hall–Kier alpha value is -1.24. The average Bonchev–Trinajstić information content (AvgIpc) is 2.99. The van der Waals surface area contributed by atoms with Gasteiger partial charge in [-0.25, -0.2) is 0 Å². The minimum atomic E-state index is -4.13. The summed E-state index contributed by atoms with van der Waals surface area (Å²) >= 11 is 0. The second-order valence-corrected chi connectivity index (χ2v) is 15.0. The summed E-state index contributed by atoms with van der Waals surface area (Å²) in [5.74, 6) is -0.961. The van der Waals surface area contributed by atoms with Crippen LogP contribution in [-0.4, -0.2) is 157 Å². The fourth-order valence-electron chi connectivity index (χ4n) is 5.49. The molecule has 2 saturated heterocycles. The largest absolute Gasteiger partial charge is 0.510 e. The summed E-state index contributed by atoms with van der Waals surface area (Å²) in [5.41, 5.74) is 0. The summed E-state index contributed by atoms with van der Waals surface area (Å²) < 4.78 is 73.8. The highest BCUT2D eigenvalue weighted by Crippen LogP contribution is 2.19. The van der Waals surface area contributed by atoms with Crippen molar-refractivity contribution in [2.24, 2.45) is 0 Å². The van der Waals surface area contributed by atoms with Gasteiger partial charge < -0.3 is 19.7 Å². The number of nitrogens with one attached hydrogen (secondary N) is 12. The van der Waals surface area contributed by atoms with Crippen LogP contribution in [0.3, 0.4) is 0 Å². The number of hydrogen-bond acceptors (Lipinski definition) is 20. The molecule has 0 aromatic carbocycles. The van der Waals surface area contributed by atoms with Crippen molar-refractivity contribution in [2.45, 2.75) is 75.5 Å². The third kappa shape index (κ3) is 19.3. The summed E-state index contributed by atoms with van der Waals surface area (Å²) in [6, 6.07) is 0.189. The van der Waals surface area contributed by atoms with Gasteiger partial charge in [-0.2, -0.15) is 16.8 Å². The lowest BCUT2D eigenvalue weighted by Gasteiger charge is -2.44. The van der Waals surface area contributed by atoms with Crippen molar-refractivity contribution in [3.63, 3.8) is 0 Å². The molecule has 3 fully saturated rings. The Kier molecular flexibility index (Phi) is 18.9. The van der Waals surface area contributed by atoms with Crippen molar-refractivity contribution in [2.75, 3.05) is 70.7 Å². The monoisotopic (exact) mass is 748 g/mol. The summed E-state index contributed by atoms with van der Waals surface area (Å²) in [6.07, 6.45) is 0.954. The molecule has 1 saturated carbocycles. The zero-order valence-electron chi connectivity index (χ0n) is 27.5. The third-order valence-electron chi connectivity index (χ3n) is 7.59. The van der Waals surface area contributed by atoms with Crippen LogP contribution in [0.5, 0.6) is 0 Å². The average molecular weight is 749 g/mol. The molecular formula is C25H56N12O10S2. The molecule has 0 aromatic heterocycles. The summed E-state index contributed by atoms with van der Waals surface area (Å²) in [7, 11) is -8.26. The Morgan fingerprint density at radius 3 is 1.47 bits per heavy atom. The molecule has 0 bridgehead atoms. The predicted molar refractivity (Wildman–Crippen MR) is 179 cm³/mol. The quantitative estimate of drug-likeness (QED) is 0.0248. The number of ether oxygens (including phenoxy) is 2. The van der Waals surface area contributed by atoms with Gasteiger partial charge in [0.1, 0.15) is 50.1 Å². The molecule has 288 valence electrons. The standard InChI is InChI=1S/C25H56N12O10S2/c1-17(39)16-47-11-6-27-21-33-23(29-8-14-49(43,44)45)37-25(35-21)31-19-4-2-3-18(15-19)30-24-34-20(26-5-10-46-12-9-38)32-22(36-24)28-7-13-48(40,41)42/h18-39H,1-16H2,(H,40,41,42)(H,43,44,45). The minimum Gasteiger partial charge on any atom is -0.510 e. The van der Waals surface area contributed by atoms with E-state index in [1.54, 1.807) is 0 Å². The van der Waals surface area contributed by atoms with Crippen LogP contribution in [0.2, 0.25) is 0 Å². The van der Waals surface area contributed by atoms with E-state index in [1.165, 1.54) is 0 Å². The number of hydrogen-bond donors (Lipinski definition) is 16. The van der Waals surface area contributed by atoms with Gasteiger partial charge >= 0.3 is 0 Å². The van der Waals surface area contributed by atoms with Crippen LogP contribution < -0.4 is 63.8 Å². The number of aliphatic hydroxyl groups is 2. The lowest BCUT2D eigenvalue weighted by molar-refractivity contribution is 0.0791. The fourth-order valence-corrected chi connectivity index (χ4v) is 6.24. The van der Waals surface area contributed by atoms with Gasteiger partial charge in [0.2, 0.25) is 0 Å². The predicted octanol–water partition coefficient (Wildman–Crippen LogP) is -6.03. The van der Waals surface area contributed by atoms with Crippen molar-refractivity contribution in [3.05, 3.63) is 12.3 Å². The van der Waals surface area contributed by atoms with Gasteiger partial charge in [-0.1, -0.05) is 13.0 Å². The van der Waals surface area contributed by atoms with E-state index in [4.69, 9.17) is 23.7 Å². The normalized spacial score (nSPS) is 29.9. The van der Waals surface area contributed by atoms with Crippen LogP contribution >= 0.6 is 0 Å². The zero-order chi connectivity index (χ0) is 35.7. The Morgan fingerprint density at radius 2 is 1.06 bits per heavy atom. The van der Waals surface area contributed by atoms with Crippen LogP contribution in [0, 0.1) is 0 Å². The van der Waals surface area contributed by atoms with Gasteiger partial charge in [0.15, 0.2) is 0 Å². The van der Waals surface area contributed by atoms with Crippen molar-refractivity contribution in [1.29, 1.82) is 0 Å². The molecule has 2 aliphatic heterocycles. The first-order chi connectivity index (χ1) is 23.3. The zero-order valence-corrected chi connectivity index (χ0v) is 29.1. The molecule has 49 heavy (non-hydrogen) atoms. The summed E-state index contributed by atoms with van der Waals surface area (Å²) in [5, 5.41) is 57.8. The van der Waals surface area contributed by atoms with Crippen molar-refractivity contribution < 1.29 is 45.6 Å². The van der Waals surface area contributed by atoms with E-state index >= 15 is 0 Å². The van der Waals surface area contributed by atoms with Crippen LogP contribution in [0.1, 0.15) is 25.7 Å². The van der Waals surface area contributed by atoms with E-state index in [1.807, 2.05) is 0 Å². The maximum Gasteiger partial charge on any atom is 0.266 e. The molecule has 0 radical (unpaired) electrons. The van der Waals surface area contributed by atoms with E-state index in [0.717, 1.165) is 25.7 Å². The van der Waals surface area contributed by atoms with Gasteiger partial charge in [0, 0.05) is 38.3 Å². The fraction of sp³-hybridized carbons (Fsp3) is 0.920. The first kappa shape index (κ1) is 42.2. The lowest BCUT2D eigenvalue weighted by Crippen LogP contribution is -2.79. The van der Waals surface area contributed by atoms with Crippen molar-refractivity contribution in [1.82, 2.24) is 63.8 Å². The molecule has 22 nitrogen and oxygen atoms in total. The molecule has 8 atom stereocenters. The smallest absolute Gasteiger partial charge is 0.266 e. The highest BCUT2D eigenvalue weighted by molar-refractivity contribution is 7.86. The van der Waals surface area contributed by atoms with Crippen LogP contribution in [0.25, 0.3) is 0 Å². The molecule has 16 N–H and O–H groups in total. The Bertz CT molecular complexity index is 1180. The Morgan fingerprint density at radius 1 is 0.653 bits per heavy atom. The van der Waals surface area contributed by atoms with Gasteiger partial charge in [0.25, 0.3) is 20.2 Å². The maximum absolute atomic E-state index is 11.2. The Labute approximate surface area is 287 Å². The second kappa shape index (κ2) is 22.0. The van der Waals surface area contributed by atoms with Gasteiger partial charge in [0.05, 0.1) is 37.9 Å². The highest BCUT2D eigenvalue weighted by Gasteiger charge is 2.32. The molecule has 3 rings (SSSR count). The molecule has 2 heterocycles. The van der Waals surface area contributed by atoms with E-state index in [0.29, 0.717) is 26.3 Å². The van der Waals surface area contributed by atoms with Crippen molar-refractivity contribution >= 4 is 20.2 Å². The van der Waals surface area contributed by atoms with Gasteiger partial charge in [-0.05, 0) is 19.3 Å². The maximum atomic E-state index is 11.2. The summed E-state index contributed by atoms with van der Waals surface area (Å²) in [6.45, 7) is 5.21. The van der Waals surface area contributed by atoms with Crippen LogP contribution in [0.4, 0.5) is 0 Å². The lowest BCUT2D eigenvalue weighted by atomic mass is 9.91. The van der Waals surface area contributed by atoms with Gasteiger partial charge in [-0.3, -0.25) is 72.9 Å². The van der Waals surface area contributed by atoms with E-state index in [9.17, 15) is 21.9 Å². The Balaban J connectivity index is 1.54. The highest BCUT2D eigenvalue weighted by atomic mass is 32.2. The third-order valence-corrected chi connectivity index (χ3v) is 9.03. The topological polar surface area (TPSA) is 312 Å². The van der Waals surface area contributed by atoms with E-state index in [2.05, 4.69) is 70.4 Å². The summed E-state index contributed by atoms with van der Waals surface area (Å²) in [4.78, 5) is 0. The molecule has 24 heteroatoms. The number of rotatable bonds is 24. The molecule has 0 spiro atoms. The molecule has 1 aliphatic carbocycles. The molecule has 3 aliphatic rings. The second-order valence-electron chi connectivity index (χ2n) is 11.8. The van der Waals surface area contributed by atoms with Gasteiger partial charge in [-0.15, -0.1) is 0 Å². The number of aliphatic hydroxyl groups excluding tert-OH is 2. The molecule has 8 unspecified atom stereocenters. The van der Waals surface area contributed by atoms with Crippen LogP contribution in [-0.2, 0) is 29.7 Å². The molecule has 0 aromatic rings. The first-order valence-corrected chi connectivity index (χ1v) is 19.5. The molecular weight excluding hydrogens is 692 g/mol.